The molecule has 1 aromatic heterocycles. The first-order chi connectivity index (χ1) is 13.3. The Morgan fingerprint density at radius 2 is 1.82 bits per heavy atom. The number of ether oxygens (including phenoxy) is 1. The second kappa shape index (κ2) is 7.43. The normalized spacial score (nSPS) is 17.6. The van der Waals surface area contributed by atoms with Crippen LogP contribution in [0.2, 0.25) is 5.02 Å². The van der Waals surface area contributed by atoms with E-state index < -0.39 is 5.60 Å². The predicted molar refractivity (Wildman–Crippen MR) is 111 cm³/mol. The highest BCUT2D eigenvalue weighted by Crippen LogP contribution is 2.37. The van der Waals surface area contributed by atoms with Crippen LogP contribution in [0.4, 0.5) is 4.79 Å². The van der Waals surface area contributed by atoms with Crippen LogP contribution < -0.4 is 0 Å². The van der Waals surface area contributed by atoms with Crippen molar-refractivity contribution in [2.45, 2.75) is 64.5 Å². The molecular weight excluding hydrogens is 374 g/mol. The maximum absolute atomic E-state index is 12.6. The third-order valence-electron chi connectivity index (χ3n) is 5.56. The van der Waals surface area contributed by atoms with Crippen molar-refractivity contribution < 1.29 is 9.53 Å². The highest BCUT2D eigenvalue weighted by atomic mass is 35.5. The molecule has 1 aromatic carbocycles. The Balaban J connectivity index is 1.64. The zero-order chi connectivity index (χ0) is 19.9. The van der Waals surface area contributed by atoms with Gasteiger partial charge in [0.25, 0.3) is 0 Å². The summed E-state index contributed by atoms with van der Waals surface area (Å²) in [6.07, 6.45) is 5.01. The summed E-state index contributed by atoms with van der Waals surface area (Å²) in [5, 5.41) is 5.75. The lowest BCUT2D eigenvalue weighted by Crippen LogP contribution is -2.38. The molecule has 2 heterocycles. The summed E-state index contributed by atoms with van der Waals surface area (Å²) >= 11 is 6.08. The molecule has 0 radical (unpaired) electrons. The van der Waals surface area contributed by atoms with E-state index in [9.17, 15) is 4.79 Å². The van der Waals surface area contributed by atoms with Crippen LogP contribution in [-0.2, 0) is 17.6 Å². The highest BCUT2D eigenvalue weighted by Gasteiger charge is 2.31. The zero-order valence-electron chi connectivity index (χ0n) is 16.9. The molecule has 6 heteroatoms. The van der Waals surface area contributed by atoms with Gasteiger partial charge < -0.3 is 9.64 Å². The van der Waals surface area contributed by atoms with E-state index in [1.165, 1.54) is 30.5 Å². The first kappa shape index (κ1) is 19.3. The Morgan fingerprint density at radius 3 is 2.43 bits per heavy atom. The molecule has 1 aliphatic heterocycles. The third kappa shape index (κ3) is 3.90. The average molecular weight is 402 g/mol. The first-order valence-electron chi connectivity index (χ1n) is 10.2. The second-order valence-electron chi connectivity index (χ2n) is 8.78. The minimum atomic E-state index is -0.479. The second-order valence-corrected chi connectivity index (χ2v) is 9.21. The summed E-state index contributed by atoms with van der Waals surface area (Å²) in [5.74, 6) is 0. The van der Waals surface area contributed by atoms with Gasteiger partial charge in [-0.3, -0.25) is 4.68 Å². The van der Waals surface area contributed by atoms with E-state index in [1.54, 1.807) is 0 Å². The summed E-state index contributed by atoms with van der Waals surface area (Å²) in [6.45, 7) is 7.04. The molecule has 1 amide bonds. The molecule has 5 nitrogen and oxygen atoms in total. The Kier molecular flexibility index (Phi) is 5.13. The number of nitrogens with zero attached hydrogens (tertiary/aromatic N) is 3. The van der Waals surface area contributed by atoms with Gasteiger partial charge in [-0.25, -0.2) is 4.79 Å². The van der Waals surface area contributed by atoms with E-state index in [0.29, 0.717) is 19.1 Å². The van der Waals surface area contributed by atoms with Gasteiger partial charge in [-0.05, 0) is 58.6 Å². The van der Waals surface area contributed by atoms with Crippen molar-refractivity contribution in [3.8, 4) is 11.3 Å². The maximum Gasteiger partial charge on any atom is 0.410 e. The summed E-state index contributed by atoms with van der Waals surface area (Å²) in [4.78, 5) is 14.4. The molecule has 0 N–H and O–H groups in total. The van der Waals surface area contributed by atoms with Crippen LogP contribution in [0.1, 0.15) is 57.3 Å². The van der Waals surface area contributed by atoms with Gasteiger partial charge in [0.2, 0.25) is 0 Å². The van der Waals surface area contributed by atoms with Crippen molar-refractivity contribution in [2.75, 3.05) is 13.1 Å². The SMILES string of the molecule is CC(C)(C)OC(=O)N1CCc2c(-c3ccc(Cl)cc3)nn(C3CCC3)c2CC1. The van der Waals surface area contributed by atoms with Crippen LogP contribution >= 0.6 is 11.6 Å². The number of benzene rings is 1. The standard InChI is InChI=1S/C22H28ClN3O2/c1-22(2,3)28-21(27)25-13-11-18-19(12-14-25)26(17-5-4-6-17)24-20(18)15-7-9-16(23)10-8-15/h7-10,17H,4-6,11-14H2,1-3H3. The molecule has 1 aliphatic carbocycles. The number of hydrogen-bond acceptors (Lipinski definition) is 3. The minimum absolute atomic E-state index is 0.228. The summed E-state index contributed by atoms with van der Waals surface area (Å²) < 4.78 is 7.83. The van der Waals surface area contributed by atoms with Crippen molar-refractivity contribution in [3.05, 3.63) is 40.5 Å². The molecule has 0 bridgehead atoms. The topological polar surface area (TPSA) is 47.4 Å². The van der Waals surface area contributed by atoms with E-state index >= 15 is 0 Å². The lowest BCUT2D eigenvalue weighted by atomic mass is 9.93. The number of carbonyl (C=O) groups is 1. The molecule has 1 saturated carbocycles. The molecule has 0 saturated heterocycles. The molecule has 1 fully saturated rings. The van der Waals surface area contributed by atoms with Crippen molar-refractivity contribution >= 4 is 17.7 Å². The van der Waals surface area contributed by atoms with E-state index in [1.807, 2.05) is 49.9 Å². The van der Waals surface area contributed by atoms with Crippen LogP contribution in [0.15, 0.2) is 24.3 Å². The van der Waals surface area contributed by atoms with E-state index in [2.05, 4.69) is 4.68 Å². The van der Waals surface area contributed by atoms with Crippen LogP contribution in [-0.4, -0.2) is 39.5 Å². The molecule has 2 aromatic rings. The Hall–Kier alpha value is -2.01. The van der Waals surface area contributed by atoms with Gasteiger partial charge in [0.1, 0.15) is 5.60 Å². The molecule has 150 valence electrons. The fraction of sp³-hybridized carbons (Fsp3) is 0.545. The van der Waals surface area contributed by atoms with Crippen LogP contribution in [0.3, 0.4) is 0 Å². The minimum Gasteiger partial charge on any atom is -0.444 e. The van der Waals surface area contributed by atoms with E-state index in [0.717, 1.165) is 29.1 Å². The molecule has 0 unspecified atom stereocenters. The molecule has 4 rings (SSSR count). The predicted octanol–water partition coefficient (Wildman–Crippen LogP) is 5.26. The molecule has 2 aliphatic rings. The summed E-state index contributed by atoms with van der Waals surface area (Å²) in [7, 11) is 0. The third-order valence-corrected chi connectivity index (χ3v) is 5.81. The van der Waals surface area contributed by atoms with Gasteiger partial charge in [-0.15, -0.1) is 0 Å². The largest absolute Gasteiger partial charge is 0.444 e. The molecule has 0 spiro atoms. The number of fused-ring (bicyclic) bond motifs is 1. The van der Waals surface area contributed by atoms with Crippen LogP contribution in [0.25, 0.3) is 11.3 Å². The average Bonchev–Trinajstić information content (AvgIpc) is 2.77. The maximum atomic E-state index is 12.6. The van der Waals surface area contributed by atoms with Crippen molar-refractivity contribution in [3.63, 3.8) is 0 Å². The van der Waals surface area contributed by atoms with Gasteiger partial charge in [0.15, 0.2) is 0 Å². The van der Waals surface area contributed by atoms with Gasteiger partial charge in [0, 0.05) is 41.4 Å². The smallest absolute Gasteiger partial charge is 0.410 e. The highest BCUT2D eigenvalue weighted by molar-refractivity contribution is 6.30. The fourth-order valence-corrected chi connectivity index (χ4v) is 4.04. The van der Waals surface area contributed by atoms with Gasteiger partial charge >= 0.3 is 6.09 Å². The molecule has 0 atom stereocenters. The quantitative estimate of drug-likeness (QED) is 0.689. The van der Waals surface area contributed by atoms with E-state index in [-0.39, 0.29) is 6.09 Å². The monoisotopic (exact) mass is 401 g/mol. The molecular formula is C22H28ClN3O2. The Labute approximate surface area is 171 Å². The number of halogens is 1. The number of hydrogen-bond donors (Lipinski definition) is 0. The van der Waals surface area contributed by atoms with Crippen molar-refractivity contribution in [1.29, 1.82) is 0 Å². The number of carbonyl (C=O) groups excluding carboxylic acids is 1. The number of rotatable bonds is 2. The van der Waals surface area contributed by atoms with Crippen molar-refractivity contribution in [1.82, 2.24) is 14.7 Å². The molecule has 28 heavy (non-hydrogen) atoms. The van der Waals surface area contributed by atoms with Gasteiger partial charge in [0.05, 0.1) is 11.7 Å². The number of aromatic nitrogens is 2. The van der Waals surface area contributed by atoms with Gasteiger partial charge in [-0.1, -0.05) is 23.7 Å². The lowest BCUT2D eigenvalue weighted by Gasteiger charge is -2.28. The van der Waals surface area contributed by atoms with Crippen molar-refractivity contribution in [2.24, 2.45) is 0 Å². The summed E-state index contributed by atoms with van der Waals surface area (Å²) in [5.41, 5.74) is 4.18. The van der Waals surface area contributed by atoms with Crippen LogP contribution in [0.5, 0.6) is 0 Å². The number of amides is 1. The Morgan fingerprint density at radius 1 is 1.14 bits per heavy atom. The zero-order valence-corrected chi connectivity index (χ0v) is 17.6. The fourth-order valence-electron chi connectivity index (χ4n) is 3.91. The first-order valence-corrected chi connectivity index (χ1v) is 10.5. The summed E-state index contributed by atoms with van der Waals surface area (Å²) in [6, 6.07) is 8.38. The Bertz CT molecular complexity index is 863. The lowest BCUT2D eigenvalue weighted by molar-refractivity contribution is 0.0257. The van der Waals surface area contributed by atoms with Gasteiger partial charge in [-0.2, -0.15) is 5.10 Å². The van der Waals surface area contributed by atoms with Crippen LogP contribution in [0, 0.1) is 0 Å². The van der Waals surface area contributed by atoms with E-state index in [4.69, 9.17) is 21.4 Å².